The zero-order chi connectivity index (χ0) is 31.8. The zero-order valence-corrected chi connectivity index (χ0v) is 27.3. The van der Waals surface area contributed by atoms with Crippen molar-refractivity contribution in [3.63, 3.8) is 0 Å². The average Bonchev–Trinajstić information content (AvgIpc) is 3.58. The molecule has 0 radical (unpaired) electrons. The Morgan fingerprint density at radius 2 is 1.61 bits per heavy atom. The van der Waals surface area contributed by atoms with Crippen LogP contribution in [-0.4, -0.2) is 69.0 Å². The van der Waals surface area contributed by atoms with Gasteiger partial charge in [-0.05, 0) is 68.5 Å². The number of thioether (sulfide) groups is 1. The smallest absolute Gasteiger partial charge is 0.251 e. The number of hydrogen-bond donors (Lipinski definition) is 1. The van der Waals surface area contributed by atoms with Crippen molar-refractivity contribution in [2.75, 3.05) is 29.5 Å². The van der Waals surface area contributed by atoms with E-state index in [0.29, 0.717) is 36.5 Å². The summed E-state index contributed by atoms with van der Waals surface area (Å²) in [6.45, 7) is 14.2. The summed E-state index contributed by atoms with van der Waals surface area (Å²) in [6, 6.07) is 15.1. The lowest BCUT2D eigenvalue weighted by Gasteiger charge is -2.40. The minimum atomic E-state index is -0.860. The molecule has 1 spiro atoms. The maximum atomic E-state index is 14.9. The number of halogens is 1. The lowest BCUT2D eigenvalue weighted by molar-refractivity contribution is -0.142. The molecule has 2 unspecified atom stereocenters. The average molecular weight is 636 g/mol. The summed E-state index contributed by atoms with van der Waals surface area (Å²) in [4.78, 5) is 49.3. The van der Waals surface area contributed by atoms with Crippen LogP contribution in [0, 0.1) is 17.8 Å². The van der Waals surface area contributed by atoms with Gasteiger partial charge in [-0.15, -0.1) is 24.9 Å². The molecule has 3 amide bonds. The number of fused-ring (bicyclic) bond motifs is 1. The number of nitrogens with zero attached hydrogens (tertiary/aromatic N) is 3. The van der Waals surface area contributed by atoms with Gasteiger partial charge in [-0.2, -0.15) is 0 Å². The van der Waals surface area contributed by atoms with Gasteiger partial charge in [-0.25, -0.2) is 0 Å². The Labute approximate surface area is 269 Å². The van der Waals surface area contributed by atoms with Gasteiger partial charge in [0.15, 0.2) is 0 Å². The fraction of sp³-hybridized carbons (Fsp3) is 0.457. The molecular formula is C35H42ClN3O4S. The summed E-state index contributed by atoms with van der Waals surface area (Å²) in [5.41, 5.74) is 1.39. The highest BCUT2D eigenvalue weighted by Gasteiger charge is 2.78. The number of rotatable bonds is 12. The van der Waals surface area contributed by atoms with Crippen LogP contribution < -0.4 is 9.80 Å². The van der Waals surface area contributed by atoms with Crippen molar-refractivity contribution in [3.8, 4) is 0 Å². The first-order chi connectivity index (χ1) is 21.0. The van der Waals surface area contributed by atoms with Gasteiger partial charge in [-0.1, -0.05) is 55.8 Å². The number of carbonyl (C=O) groups excluding carboxylic acids is 3. The lowest BCUT2D eigenvalue weighted by atomic mass is 9.66. The summed E-state index contributed by atoms with van der Waals surface area (Å²) in [5, 5.41) is 11.2. The number of hydrogen-bond acceptors (Lipinski definition) is 5. The summed E-state index contributed by atoms with van der Waals surface area (Å²) < 4.78 is -1.36. The number of aliphatic hydroxyl groups is 1. The molecule has 3 aliphatic rings. The first-order valence-corrected chi connectivity index (χ1v) is 16.5. The highest BCUT2D eigenvalue weighted by atomic mass is 35.5. The van der Waals surface area contributed by atoms with Crippen molar-refractivity contribution >= 4 is 52.5 Å². The molecule has 5 rings (SSSR count). The maximum Gasteiger partial charge on any atom is 0.251 e. The van der Waals surface area contributed by atoms with Gasteiger partial charge < -0.3 is 19.8 Å². The van der Waals surface area contributed by atoms with E-state index in [0.717, 1.165) is 5.69 Å². The van der Waals surface area contributed by atoms with Crippen molar-refractivity contribution in [1.82, 2.24) is 4.90 Å². The van der Waals surface area contributed by atoms with E-state index in [1.165, 1.54) is 0 Å². The fourth-order valence-electron chi connectivity index (χ4n) is 7.68. The van der Waals surface area contributed by atoms with Crippen LogP contribution in [0.1, 0.15) is 40.0 Å². The van der Waals surface area contributed by atoms with E-state index in [1.807, 2.05) is 44.2 Å². The van der Waals surface area contributed by atoms with Crippen molar-refractivity contribution in [2.24, 2.45) is 17.8 Å². The number of aliphatic hydroxyl groups excluding tert-OH is 1. The molecule has 2 bridgehead atoms. The Morgan fingerprint density at radius 3 is 2.18 bits per heavy atom. The summed E-state index contributed by atoms with van der Waals surface area (Å²) >= 11 is 7.81. The van der Waals surface area contributed by atoms with Crippen molar-refractivity contribution < 1.29 is 19.5 Å². The molecule has 234 valence electrons. The number of amides is 3. The number of likely N-dealkylation sites (tertiary alicyclic amines) is 1. The molecule has 44 heavy (non-hydrogen) atoms. The second-order valence-corrected chi connectivity index (χ2v) is 15.1. The van der Waals surface area contributed by atoms with E-state index < -0.39 is 33.4 Å². The van der Waals surface area contributed by atoms with Gasteiger partial charge >= 0.3 is 0 Å². The van der Waals surface area contributed by atoms with E-state index in [2.05, 4.69) is 20.1 Å². The molecule has 2 aromatic carbocycles. The highest BCUT2D eigenvalue weighted by molar-refractivity contribution is 8.02. The van der Waals surface area contributed by atoms with Crippen LogP contribution in [-0.2, 0) is 14.4 Å². The molecule has 1 N–H and O–H groups in total. The third kappa shape index (κ3) is 5.39. The Kier molecular flexibility index (Phi) is 9.36. The molecule has 3 saturated heterocycles. The second kappa shape index (κ2) is 12.7. The largest absolute Gasteiger partial charge is 0.394 e. The normalized spacial score (nSPS) is 27.7. The molecule has 0 aliphatic carbocycles. The minimum absolute atomic E-state index is 0.135. The van der Waals surface area contributed by atoms with E-state index in [-0.39, 0.29) is 36.8 Å². The van der Waals surface area contributed by atoms with Crippen LogP contribution in [0.2, 0.25) is 5.02 Å². The molecule has 3 aliphatic heterocycles. The number of carbonyl (C=O) groups is 3. The van der Waals surface area contributed by atoms with Gasteiger partial charge in [0.05, 0.1) is 29.2 Å². The predicted octanol–water partition coefficient (Wildman–Crippen LogP) is 5.97. The molecule has 3 fully saturated rings. The molecule has 6 atom stereocenters. The van der Waals surface area contributed by atoms with E-state index in [4.69, 9.17) is 11.6 Å². The minimum Gasteiger partial charge on any atom is -0.394 e. The Bertz CT molecular complexity index is 1420. The fourth-order valence-corrected chi connectivity index (χ4v) is 10.1. The van der Waals surface area contributed by atoms with Crippen LogP contribution in [0.3, 0.4) is 0 Å². The molecule has 7 nitrogen and oxygen atoms in total. The Hall–Kier alpha value is -3.07. The second-order valence-electron chi connectivity index (χ2n) is 12.7. The van der Waals surface area contributed by atoms with Gasteiger partial charge in [0.1, 0.15) is 6.04 Å². The van der Waals surface area contributed by atoms with Crippen LogP contribution >= 0.6 is 23.4 Å². The SMILES string of the molecule is C=CCN(C(=O)C1N([C@@H](CO)CC(C)C)C(=O)[C@@H]2[C@@H](C(=O)N(CC=C)c3ccccc3)[C@@]3(C)CCC12S3)c1ccc(Cl)cc1. The van der Waals surface area contributed by atoms with Crippen LogP contribution in [0.25, 0.3) is 0 Å². The monoisotopic (exact) mass is 635 g/mol. The number of para-hydroxylation sites is 1. The molecule has 3 heterocycles. The Morgan fingerprint density at radius 1 is 1.02 bits per heavy atom. The summed E-state index contributed by atoms with van der Waals surface area (Å²) in [6.07, 6.45) is 5.21. The first-order valence-electron chi connectivity index (χ1n) is 15.3. The number of anilines is 2. The Balaban J connectivity index is 1.64. The lowest BCUT2D eigenvalue weighted by Crippen LogP contribution is -2.58. The third-order valence-corrected chi connectivity index (χ3v) is 11.7. The van der Waals surface area contributed by atoms with Crippen molar-refractivity contribution in [1.29, 1.82) is 0 Å². The van der Waals surface area contributed by atoms with E-state index in [9.17, 15) is 19.5 Å². The van der Waals surface area contributed by atoms with Gasteiger partial charge in [0, 0.05) is 34.2 Å². The van der Waals surface area contributed by atoms with Crippen LogP contribution in [0.5, 0.6) is 0 Å². The maximum absolute atomic E-state index is 14.9. The molecule has 0 saturated carbocycles. The van der Waals surface area contributed by atoms with Crippen LogP contribution in [0.15, 0.2) is 79.9 Å². The standard InChI is InChI=1S/C35H42ClN3O4S/c1-6-19-37(25-11-9-8-10-12-25)31(41)28-29-32(42)39(27(22-40)21-23(3)4)30(35(29)18-17-34(28,5)44-35)33(43)38(20-7-2)26-15-13-24(36)14-16-26/h6-16,23,27-30,40H,1-2,17-22H2,3-5H3/t27-,28+,29+,30?,34-,35?/m1/s1. The van der Waals surface area contributed by atoms with E-state index in [1.54, 1.807) is 62.9 Å². The van der Waals surface area contributed by atoms with Gasteiger partial charge in [0.2, 0.25) is 11.8 Å². The van der Waals surface area contributed by atoms with Gasteiger partial charge in [0.25, 0.3) is 5.91 Å². The predicted molar refractivity (Wildman–Crippen MR) is 179 cm³/mol. The van der Waals surface area contributed by atoms with Crippen molar-refractivity contribution in [2.45, 2.75) is 61.6 Å². The quantitative estimate of drug-likeness (QED) is 0.291. The topological polar surface area (TPSA) is 81.2 Å². The first kappa shape index (κ1) is 32.3. The third-order valence-electron chi connectivity index (χ3n) is 9.42. The molecule has 0 aromatic heterocycles. The highest BCUT2D eigenvalue weighted by Crippen LogP contribution is 2.72. The molecule has 2 aromatic rings. The van der Waals surface area contributed by atoms with E-state index >= 15 is 0 Å². The molecule has 9 heteroatoms. The zero-order valence-electron chi connectivity index (χ0n) is 25.7. The van der Waals surface area contributed by atoms with Crippen molar-refractivity contribution in [3.05, 3.63) is 84.9 Å². The van der Waals surface area contributed by atoms with Gasteiger partial charge in [-0.3, -0.25) is 14.4 Å². The summed E-state index contributed by atoms with van der Waals surface area (Å²) in [5.74, 6) is -1.77. The molecular weight excluding hydrogens is 594 g/mol. The number of benzene rings is 2. The van der Waals surface area contributed by atoms with Crippen LogP contribution in [0.4, 0.5) is 11.4 Å². The summed E-state index contributed by atoms with van der Waals surface area (Å²) in [7, 11) is 0.